The van der Waals surface area contributed by atoms with Gasteiger partial charge in [-0.3, -0.25) is 0 Å². The van der Waals surface area contributed by atoms with Crippen LogP contribution in [-0.2, 0) is 9.53 Å². The maximum absolute atomic E-state index is 11.0. The SMILES string of the molecule is COC(=O)/C(Cl)=C/[C@H](Cl)c1ccc(Cl)cc1. The van der Waals surface area contributed by atoms with Crippen LogP contribution in [0.25, 0.3) is 0 Å². The lowest BCUT2D eigenvalue weighted by atomic mass is 10.1. The summed E-state index contributed by atoms with van der Waals surface area (Å²) in [5.74, 6) is -0.610. The average molecular weight is 280 g/mol. The molecule has 0 radical (unpaired) electrons. The number of hydrogen-bond donors (Lipinski definition) is 0. The van der Waals surface area contributed by atoms with E-state index in [2.05, 4.69) is 4.74 Å². The molecule has 0 aromatic heterocycles. The highest BCUT2D eigenvalue weighted by Crippen LogP contribution is 2.25. The van der Waals surface area contributed by atoms with Gasteiger partial charge in [-0.05, 0) is 23.8 Å². The average Bonchev–Trinajstić information content (AvgIpc) is 2.28. The summed E-state index contributed by atoms with van der Waals surface area (Å²) < 4.78 is 4.45. The van der Waals surface area contributed by atoms with E-state index in [-0.39, 0.29) is 5.03 Å². The van der Waals surface area contributed by atoms with Crippen molar-refractivity contribution in [2.45, 2.75) is 5.38 Å². The van der Waals surface area contributed by atoms with Gasteiger partial charge in [-0.2, -0.15) is 0 Å². The maximum atomic E-state index is 11.0. The fourth-order valence-electron chi connectivity index (χ4n) is 1.04. The molecular weight excluding hydrogens is 270 g/mol. The molecule has 0 N–H and O–H groups in total. The third-order valence-electron chi connectivity index (χ3n) is 1.86. The van der Waals surface area contributed by atoms with Crippen molar-refractivity contribution in [2.24, 2.45) is 0 Å². The molecule has 0 spiro atoms. The number of allylic oxidation sites excluding steroid dienone is 1. The van der Waals surface area contributed by atoms with Gasteiger partial charge in [-0.1, -0.05) is 35.3 Å². The molecule has 0 bridgehead atoms. The van der Waals surface area contributed by atoms with Gasteiger partial charge in [0.2, 0.25) is 0 Å². The van der Waals surface area contributed by atoms with E-state index in [0.29, 0.717) is 5.02 Å². The van der Waals surface area contributed by atoms with Crippen LogP contribution >= 0.6 is 34.8 Å². The molecule has 16 heavy (non-hydrogen) atoms. The number of ether oxygens (including phenoxy) is 1. The molecule has 0 fully saturated rings. The van der Waals surface area contributed by atoms with Crippen LogP contribution in [-0.4, -0.2) is 13.1 Å². The topological polar surface area (TPSA) is 26.3 Å². The van der Waals surface area contributed by atoms with Gasteiger partial charge in [0.25, 0.3) is 0 Å². The van der Waals surface area contributed by atoms with E-state index < -0.39 is 11.3 Å². The summed E-state index contributed by atoms with van der Waals surface area (Å²) in [6.07, 6.45) is 1.41. The van der Waals surface area contributed by atoms with Gasteiger partial charge >= 0.3 is 5.97 Å². The first-order valence-electron chi connectivity index (χ1n) is 4.39. The molecule has 0 aliphatic heterocycles. The van der Waals surface area contributed by atoms with Crippen molar-refractivity contribution < 1.29 is 9.53 Å². The molecule has 0 heterocycles. The molecule has 5 heteroatoms. The van der Waals surface area contributed by atoms with Crippen molar-refractivity contribution in [3.8, 4) is 0 Å². The van der Waals surface area contributed by atoms with Gasteiger partial charge in [-0.15, -0.1) is 11.6 Å². The Morgan fingerprint density at radius 2 is 1.94 bits per heavy atom. The highest BCUT2D eigenvalue weighted by molar-refractivity contribution is 6.41. The van der Waals surface area contributed by atoms with Crippen LogP contribution in [0, 0.1) is 0 Å². The van der Waals surface area contributed by atoms with Gasteiger partial charge in [0, 0.05) is 5.02 Å². The standard InChI is InChI=1S/C11H9Cl3O2/c1-16-11(15)10(14)6-9(13)7-2-4-8(12)5-3-7/h2-6,9H,1H3/b10-6-/t9-/m0/s1. The van der Waals surface area contributed by atoms with Gasteiger partial charge < -0.3 is 4.74 Å². The largest absolute Gasteiger partial charge is 0.465 e. The highest BCUT2D eigenvalue weighted by atomic mass is 35.5. The summed E-state index contributed by atoms with van der Waals surface area (Å²) in [6.45, 7) is 0. The minimum absolute atomic E-state index is 0.0440. The molecule has 1 atom stereocenters. The molecule has 0 saturated carbocycles. The number of alkyl halides is 1. The summed E-state index contributed by atoms with van der Waals surface area (Å²) in [5, 5.41) is 0.0805. The van der Waals surface area contributed by atoms with E-state index in [4.69, 9.17) is 34.8 Å². The number of carbonyl (C=O) groups excluding carboxylic acids is 1. The van der Waals surface area contributed by atoms with Crippen LogP contribution in [0.1, 0.15) is 10.9 Å². The molecule has 1 aromatic rings. The van der Waals surface area contributed by atoms with Crippen LogP contribution in [0.2, 0.25) is 5.02 Å². The molecule has 0 amide bonds. The van der Waals surface area contributed by atoms with Crippen molar-refractivity contribution in [2.75, 3.05) is 7.11 Å². The quantitative estimate of drug-likeness (QED) is 0.476. The minimum Gasteiger partial charge on any atom is -0.465 e. The Kier molecular flexibility index (Phi) is 5.13. The Labute approximate surface area is 109 Å². The van der Waals surface area contributed by atoms with Crippen LogP contribution in [0.3, 0.4) is 0 Å². The van der Waals surface area contributed by atoms with Gasteiger partial charge in [0.1, 0.15) is 5.03 Å². The van der Waals surface area contributed by atoms with Crippen molar-refractivity contribution in [1.82, 2.24) is 0 Å². The fraction of sp³-hybridized carbons (Fsp3) is 0.182. The predicted molar refractivity (Wildman–Crippen MR) is 66.0 cm³/mol. The first kappa shape index (κ1) is 13.4. The summed E-state index contributed by atoms with van der Waals surface area (Å²) >= 11 is 17.5. The molecule has 86 valence electrons. The Morgan fingerprint density at radius 1 is 1.38 bits per heavy atom. The molecule has 0 saturated heterocycles. The lowest BCUT2D eigenvalue weighted by Crippen LogP contribution is -2.00. The summed E-state index contributed by atoms with van der Waals surface area (Å²) in [6, 6.07) is 6.95. The number of benzene rings is 1. The zero-order valence-corrected chi connectivity index (χ0v) is 10.7. The number of methoxy groups -OCH3 is 1. The van der Waals surface area contributed by atoms with Gasteiger partial charge in [0.05, 0.1) is 12.5 Å². The monoisotopic (exact) mass is 278 g/mol. The van der Waals surface area contributed by atoms with Crippen molar-refractivity contribution in [3.63, 3.8) is 0 Å². The van der Waals surface area contributed by atoms with Crippen molar-refractivity contribution >= 4 is 40.8 Å². The van der Waals surface area contributed by atoms with Crippen LogP contribution in [0.4, 0.5) is 0 Å². The van der Waals surface area contributed by atoms with E-state index in [1.54, 1.807) is 24.3 Å². The van der Waals surface area contributed by atoms with E-state index in [1.165, 1.54) is 13.2 Å². The number of esters is 1. The van der Waals surface area contributed by atoms with E-state index in [1.807, 2.05) is 0 Å². The lowest BCUT2D eigenvalue weighted by molar-refractivity contribution is -0.135. The molecule has 2 nitrogen and oxygen atoms in total. The fourth-order valence-corrected chi connectivity index (χ4v) is 1.70. The minimum atomic E-state index is -0.610. The van der Waals surface area contributed by atoms with Crippen LogP contribution in [0.5, 0.6) is 0 Å². The second-order valence-corrected chi connectivity index (χ2v) is 4.27. The Bertz CT molecular complexity index is 398. The first-order valence-corrected chi connectivity index (χ1v) is 5.59. The second-order valence-electron chi connectivity index (χ2n) is 2.96. The smallest absolute Gasteiger partial charge is 0.349 e. The Hall–Kier alpha value is -0.700. The summed E-state index contributed by atoms with van der Waals surface area (Å²) in [5.41, 5.74) is 0.799. The molecule has 0 aliphatic carbocycles. The Balaban J connectivity index is 2.82. The van der Waals surface area contributed by atoms with E-state index in [9.17, 15) is 4.79 Å². The highest BCUT2D eigenvalue weighted by Gasteiger charge is 2.11. The normalized spacial score (nSPS) is 13.4. The second kappa shape index (κ2) is 6.14. The zero-order chi connectivity index (χ0) is 12.1. The molecule has 0 aliphatic rings. The van der Waals surface area contributed by atoms with Crippen LogP contribution in [0.15, 0.2) is 35.4 Å². The van der Waals surface area contributed by atoms with E-state index >= 15 is 0 Å². The number of carbonyl (C=O) groups is 1. The summed E-state index contributed by atoms with van der Waals surface area (Å²) in [7, 11) is 1.25. The zero-order valence-electron chi connectivity index (χ0n) is 8.41. The third kappa shape index (κ3) is 3.71. The maximum Gasteiger partial charge on any atom is 0.349 e. The van der Waals surface area contributed by atoms with Crippen molar-refractivity contribution in [3.05, 3.63) is 46.0 Å². The lowest BCUT2D eigenvalue weighted by Gasteiger charge is -2.05. The number of rotatable bonds is 3. The van der Waals surface area contributed by atoms with E-state index in [0.717, 1.165) is 5.56 Å². The number of hydrogen-bond acceptors (Lipinski definition) is 2. The third-order valence-corrected chi connectivity index (χ3v) is 2.77. The van der Waals surface area contributed by atoms with Gasteiger partial charge in [0.15, 0.2) is 0 Å². The van der Waals surface area contributed by atoms with Gasteiger partial charge in [-0.25, -0.2) is 4.79 Å². The van der Waals surface area contributed by atoms with Crippen molar-refractivity contribution in [1.29, 1.82) is 0 Å². The van der Waals surface area contributed by atoms with Crippen LogP contribution < -0.4 is 0 Å². The molecule has 1 aromatic carbocycles. The predicted octanol–water partition coefficient (Wildman–Crippen LogP) is 3.92. The molecule has 1 rings (SSSR count). The number of halogens is 3. The first-order chi connectivity index (χ1) is 7.54. The molecule has 0 unspecified atom stereocenters. The Morgan fingerprint density at radius 3 is 2.44 bits per heavy atom. The summed E-state index contributed by atoms with van der Waals surface area (Å²) in [4.78, 5) is 11.0. The molecular formula is C11H9Cl3O2.